The Hall–Kier alpha value is -3.28. The largest absolute Gasteiger partial charge is 0.508 e. The van der Waals surface area contributed by atoms with E-state index in [1.807, 2.05) is 30.3 Å². The molecule has 0 saturated heterocycles. The van der Waals surface area contributed by atoms with Crippen molar-refractivity contribution in [2.24, 2.45) is 7.05 Å². The van der Waals surface area contributed by atoms with Gasteiger partial charge in [-0.05, 0) is 18.1 Å². The number of amides is 1. The van der Waals surface area contributed by atoms with Crippen LogP contribution in [-0.4, -0.2) is 69.1 Å². The van der Waals surface area contributed by atoms with Gasteiger partial charge in [0.15, 0.2) is 5.03 Å². The zero-order chi connectivity index (χ0) is 23.3. The van der Waals surface area contributed by atoms with E-state index >= 15 is 0 Å². The van der Waals surface area contributed by atoms with Crippen molar-refractivity contribution < 1.29 is 23.4 Å². The van der Waals surface area contributed by atoms with Crippen LogP contribution in [0.15, 0.2) is 66.2 Å². The maximum atomic E-state index is 12.8. The Balaban J connectivity index is 1.79. The van der Waals surface area contributed by atoms with Gasteiger partial charge in [-0.3, -0.25) is 9.78 Å². The highest BCUT2D eigenvalue weighted by Crippen LogP contribution is 2.15. The third kappa shape index (κ3) is 5.69. The fourth-order valence-corrected chi connectivity index (χ4v) is 4.26. The predicted molar refractivity (Wildman–Crippen MR) is 116 cm³/mol. The monoisotopic (exact) mass is 459 g/mol. The Bertz CT molecular complexity index is 1170. The van der Waals surface area contributed by atoms with Gasteiger partial charge in [0.25, 0.3) is 15.9 Å². The summed E-state index contributed by atoms with van der Waals surface area (Å²) in [6.45, 7) is -0.274. The first-order valence-corrected chi connectivity index (χ1v) is 11.2. The number of carbonyl (C=O) groups is 1. The van der Waals surface area contributed by atoms with Crippen molar-refractivity contribution in [3.8, 4) is 5.75 Å². The highest BCUT2D eigenvalue weighted by atomic mass is 32.2. The molecule has 0 aliphatic rings. The number of aryl methyl sites for hydroxylation is 1. The van der Waals surface area contributed by atoms with Gasteiger partial charge in [0, 0.05) is 39.1 Å². The van der Waals surface area contributed by atoms with Gasteiger partial charge in [-0.2, -0.15) is 4.31 Å². The van der Waals surface area contributed by atoms with Crippen molar-refractivity contribution in [2.45, 2.75) is 23.6 Å². The molecule has 3 aromatic rings. The second kappa shape index (κ2) is 9.90. The molecule has 2 unspecified atom stereocenters. The Morgan fingerprint density at radius 3 is 2.56 bits per heavy atom. The lowest BCUT2D eigenvalue weighted by Crippen LogP contribution is -2.50. The lowest BCUT2D eigenvalue weighted by Gasteiger charge is -2.27. The molecule has 2 atom stereocenters. The molecule has 170 valence electrons. The zero-order valence-corrected chi connectivity index (χ0v) is 18.5. The minimum Gasteiger partial charge on any atom is -0.508 e. The number of pyridine rings is 1. The highest BCUT2D eigenvalue weighted by Gasteiger charge is 2.30. The average molecular weight is 460 g/mol. The van der Waals surface area contributed by atoms with Crippen molar-refractivity contribution in [1.82, 2.24) is 24.2 Å². The number of sulfonamides is 1. The maximum Gasteiger partial charge on any atom is 0.270 e. The first-order chi connectivity index (χ1) is 15.2. The van der Waals surface area contributed by atoms with Crippen LogP contribution in [0.3, 0.4) is 0 Å². The molecule has 0 aliphatic heterocycles. The standard InChI is InChI=1S/C21H25N5O5S/c1-25-13-20(23-14-25)32(30,31)26(2)12-19(28)17(10-15-6-4-3-5-7-15)24-21(29)18-11-16(27)8-9-22-18/h3-9,11,13-14,17,19,28H,10,12H2,1-2H3,(H,22,27)(H,24,29). The minimum absolute atomic E-state index is 0.0234. The van der Waals surface area contributed by atoms with Crippen molar-refractivity contribution >= 4 is 15.9 Å². The Morgan fingerprint density at radius 2 is 1.94 bits per heavy atom. The number of hydrogen-bond acceptors (Lipinski definition) is 7. The summed E-state index contributed by atoms with van der Waals surface area (Å²) in [5.41, 5.74) is 0.820. The molecule has 0 bridgehead atoms. The molecule has 0 saturated carbocycles. The van der Waals surface area contributed by atoms with Gasteiger partial charge in [0.05, 0.1) is 18.5 Å². The zero-order valence-electron chi connectivity index (χ0n) is 17.7. The Morgan fingerprint density at radius 1 is 1.22 bits per heavy atom. The fourth-order valence-electron chi connectivity index (χ4n) is 3.11. The first kappa shape index (κ1) is 23.4. The smallest absolute Gasteiger partial charge is 0.270 e. The molecule has 1 amide bonds. The van der Waals surface area contributed by atoms with Gasteiger partial charge >= 0.3 is 0 Å². The second-order valence-electron chi connectivity index (χ2n) is 7.40. The first-order valence-electron chi connectivity index (χ1n) is 9.79. The van der Waals surface area contributed by atoms with E-state index in [2.05, 4.69) is 15.3 Å². The van der Waals surface area contributed by atoms with Crippen LogP contribution < -0.4 is 5.32 Å². The third-order valence-corrected chi connectivity index (χ3v) is 6.56. The van der Waals surface area contributed by atoms with Crippen LogP contribution in [-0.2, 0) is 23.5 Å². The van der Waals surface area contributed by atoms with E-state index in [9.17, 15) is 23.4 Å². The number of hydrogen-bond donors (Lipinski definition) is 3. The van der Waals surface area contributed by atoms with E-state index < -0.39 is 28.1 Å². The van der Waals surface area contributed by atoms with Crippen molar-refractivity contribution in [1.29, 1.82) is 0 Å². The number of rotatable bonds is 9. The average Bonchev–Trinajstić information content (AvgIpc) is 3.21. The number of likely N-dealkylation sites (N-methyl/N-ethyl adjacent to an activating group) is 1. The lowest BCUT2D eigenvalue weighted by atomic mass is 10.0. The third-order valence-electron chi connectivity index (χ3n) is 4.86. The lowest BCUT2D eigenvalue weighted by molar-refractivity contribution is 0.0793. The molecule has 2 aromatic heterocycles. The molecule has 2 heterocycles. The summed E-state index contributed by atoms with van der Waals surface area (Å²) in [7, 11) is -0.929. The molecular weight excluding hydrogens is 434 g/mol. The molecule has 3 N–H and O–H groups in total. The van der Waals surface area contributed by atoms with Crippen LogP contribution in [0.2, 0.25) is 0 Å². The number of imidazole rings is 1. The molecule has 1 aromatic carbocycles. The highest BCUT2D eigenvalue weighted by molar-refractivity contribution is 7.89. The van der Waals surface area contributed by atoms with E-state index in [0.29, 0.717) is 0 Å². The summed E-state index contributed by atoms with van der Waals surface area (Å²) in [6.07, 6.45) is 3.05. The van der Waals surface area contributed by atoms with Gasteiger partial charge in [-0.15, -0.1) is 0 Å². The molecule has 32 heavy (non-hydrogen) atoms. The van der Waals surface area contributed by atoms with Crippen molar-refractivity contribution in [3.05, 3.63) is 72.4 Å². The van der Waals surface area contributed by atoms with Crippen LogP contribution in [0.4, 0.5) is 0 Å². The number of aliphatic hydroxyl groups is 1. The topological polar surface area (TPSA) is 138 Å². The maximum absolute atomic E-state index is 12.8. The molecule has 0 fully saturated rings. The SMILES string of the molecule is CN(CC(O)C(Cc1ccccc1)NC(=O)c1cc(O)ccn1)S(=O)(=O)c1cn(C)cn1. The normalized spacial score (nSPS) is 13.6. The van der Waals surface area contributed by atoms with Crippen LogP contribution >= 0.6 is 0 Å². The van der Waals surface area contributed by atoms with Gasteiger partial charge in [0.1, 0.15) is 11.4 Å². The van der Waals surface area contributed by atoms with Crippen molar-refractivity contribution in [3.63, 3.8) is 0 Å². The summed E-state index contributed by atoms with van der Waals surface area (Å²) in [6, 6.07) is 10.9. The van der Waals surface area contributed by atoms with E-state index in [4.69, 9.17) is 0 Å². The molecule has 11 heteroatoms. The summed E-state index contributed by atoms with van der Waals surface area (Å²) < 4.78 is 28.0. The Labute approximate surface area is 186 Å². The second-order valence-corrected chi connectivity index (χ2v) is 9.39. The number of aliphatic hydroxyl groups excluding tert-OH is 1. The van der Waals surface area contributed by atoms with Crippen LogP contribution in [0, 0.1) is 0 Å². The number of nitrogens with one attached hydrogen (secondary N) is 1. The van der Waals surface area contributed by atoms with Gasteiger partial charge in [0.2, 0.25) is 0 Å². The van der Waals surface area contributed by atoms with E-state index in [1.165, 1.54) is 42.5 Å². The van der Waals surface area contributed by atoms with E-state index in [0.717, 1.165) is 9.87 Å². The van der Waals surface area contributed by atoms with Gasteiger partial charge in [-0.25, -0.2) is 13.4 Å². The van der Waals surface area contributed by atoms with Crippen molar-refractivity contribution in [2.75, 3.05) is 13.6 Å². The fraction of sp³-hybridized carbons (Fsp3) is 0.286. The van der Waals surface area contributed by atoms with Crippen LogP contribution in [0.25, 0.3) is 0 Å². The summed E-state index contributed by atoms with van der Waals surface area (Å²) in [5.74, 6) is -0.720. The molecular formula is C21H25N5O5S. The molecule has 10 nitrogen and oxygen atoms in total. The van der Waals surface area contributed by atoms with Gasteiger partial charge < -0.3 is 20.1 Å². The summed E-state index contributed by atoms with van der Waals surface area (Å²) in [5, 5.41) is 23.1. The van der Waals surface area contributed by atoms with Crippen LogP contribution in [0.5, 0.6) is 5.75 Å². The summed E-state index contributed by atoms with van der Waals surface area (Å²) >= 11 is 0. The number of aromatic nitrogens is 3. The number of benzene rings is 1. The van der Waals surface area contributed by atoms with E-state index in [1.54, 1.807) is 7.05 Å². The molecule has 0 radical (unpaired) electrons. The van der Waals surface area contributed by atoms with Gasteiger partial charge in [-0.1, -0.05) is 30.3 Å². The quantitative estimate of drug-likeness (QED) is 0.425. The minimum atomic E-state index is -3.92. The molecule has 3 rings (SSSR count). The van der Waals surface area contributed by atoms with E-state index in [-0.39, 0.29) is 29.4 Å². The number of carbonyl (C=O) groups excluding carboxylic acids is 1. The number of aromatic hydroxyl groups is 1. The Kier molecular flexibility index (Phi) is 7.23. The molecule has 0 spiro atoms. The molecule has 0 aliphatic carbocycles. The van der Waals surface area contributed by atoms with Crippen LogP contribution in [0.1, 0.15) is 16.1 Å². The number of nitrogens with zero attached hydrogens (tertiary/aromatic N) is 4. The summed E-state index contributed by atoms with van der Waals surface area (Å²) in [4.78, 5) is 20.5. The predicted octanol–water partition coefficient (Wildman–Crippen LogP) is 0.543.